The maximum atomic E-state index is 14.7. The summed E-state index contributed by atoms with van der Waals surface area (Å²) < 4.78 is 39.7. The number of thiophene rings is 1. The van der Waals surface area contributed by atoms with Crippen LogP contribution in [0.3, 0.4) is 0 Å². The summed E-state index contributed by atoms with van der Waals surface area (Å²) in [6.45, 7) is 2.97. The largest absolute Gasteiger partial charge is 0.480 e. The average molecular weight is 587 g/mol. The molecule has 2 aromatic carbocycles. The van der Waals surface area contributed by atoms with Crippen LogP contribution in [0.5, 0.6) is 5.88 Å². The Balaban J connectivity index is 1.89. The molecule has 40 heavy (non-hydrogen) atoms. The molecule has 0 aliphatic carbocycles. The predicted octanol–water partition coefficient (Wildman–Crippen LogP) is 7.12. The summed E-state index contributed by atoms with van der Waals surface area (Å²) >= 11 is 7.22. The zero-order valence-corrected chi connectivity index (χ0v) is 23.4. The minimum atomic E-state index is -0.866. The molecule has 0 aliphatic heterocycles. The Morgan fingerprint density at radius 3 is 2.27 bits per heavy atom. The van der Waals surface area contributed by atoms with Crippen LogP contribution in [0.25, 0.3) is 10.4 Å². The lowest BCUT2D eigenvalue weighted by molar-refractivity contribution is 0.102. The second-order valence-corrected chi connectivity index (χ2v) is 9.79. The van der Waals surface area contributed by atoms with Gasteiger partial charge in [-0.15, -0.1) is 21.5 Å². The molecule has 0 saturated heterocycles. The highest BCUT2D eigenvalue weighted by atomic mass is 35.5. The molecule has 0 atom stereocenters. The maximum absolute atomic E-state index is 14.7. The molecule has 2 aromatic heterocycles. The minimum Gasteiger partial charge on any atom is -0.480 e. The monoisotopic (exact) mass is 586 g/mol. The van der Waals surface area contributed by atoms with Gasteiger partial charge in [0.1, 0.15) is 16.6 Å². The lowest BCUT2D eigenvalue weighted by Crippen LogP contribution is -2.33. The molecule has 0 spiro atoms. The number of carbonyl (C=O) groups excluding carboxylic acids is 2. The number of ether oxygens (including phenoxy) is 2. The van der Waals surface area contributed by atoms with Gasteiger partial charge in [0, 0.05) is 21.5 Å². The number of amides is 2. The van der Waals surface area contributed by atoms with Gasteiger partial charge in [-0.3, -0.25) is 9.69 Å². The van der Waals surface area contributed by atoms with Crippen LogP contribution in [0.1, 0.15) is 35.3 Å². The highest BCUT2D eigenvalue weighted by Crippen LogP contribution is 2.44. The fraction of sp³-hybridized carbons (Fsp3) is 0.214. The highest BCUT2D eigenvalue weighted by molar-refractivity contribution is 7.20. The SMILES string of the molecule is CCOC(=O)N(Cc1c(F)cccc1F)c1sc(-c2ccc(Cl)cc2)c(CC)c1C(=O)Nc1ccc(OC)nn1. The smallest absolute Gasteiger partial charge is 0.415 e. The van der Waals surface area contributed by atoms with Gasteiger partial charge in [-0.25, -0.2) is 13.6 Å². The normalized spacial score (nSPS) is 10.8. The van der Waals surface area contributed by atoms with E-state index >= 15 is 0 Å². The Hall–Kier alpha value is -4.09. The van der Waals surface area contributed by atoms with Gasteiger partial charge < -0.3 is 14.8 Å². The van der Waals surface area contributed by atoms with E-state index in [0.717, 1.165) is 33.9 Å². The van der Waals surface area contributed by atoms with Crippen molar-refractivity contribution in [1.29, 1.82) is 0 Å². The molecule has 0 unspecified atom stereocenters. The van der Waals surface area contributed by atoms with E-state index in [0.29, 0.717) is 21.9 Å². The van der Waals surface area contributed by atoms with Crippen molar-refractivity contribution in [2.45, 2.75) is 26.8 Å². The molecule has 8 nitrogen and oxygen atoms in total. The van der Waals surface area contributed by atoms with Gasteiger partial charge in [0.2, 0.25) is 5.88 Å². The van der Waals surface area contributed by atoms with E-state index in [9.17, 15) is 18.4 Å². The molecular formula is C28H25ClF2N4O4S. The van der Waals surface area contributed by atoms with Crippen molar-refractivity contribution in [3.05, 3.63) is 87.9 Å². The van der Waals surface area contributed by atoms with Crippen LogP contribution in [0.15, 0.2) is 54.6 Å². The van der Waals surface area contributed by atoms with Crippen LogP contribution in [-0.2, 0) is 17.7 Å². The van der Waals surface area contributed by atoms with Crippen molar-refractivity contribution in [3.8, 4) is 16.3 Å². The Labute approximate surface area is 238 Å². The lowest BCUT2D eigenvalue weighted by Gasteiger charge is -2.22. The molecule has 2 heterocycles. The summed E-state index contributed by atoms with van der Waals surface area (Å²) in [5.41, 5.74) is 1.16. The standard InChI is InChI=1S/C28H25ClF2N4O4S/c1-4-18-24(26(36)32-22-13-14-23(38-3)34-33-22)27(40-25(18)16-9-11-17(29)12-10-16)35(28(37)39-5-2)15-19-20(30)7-6-8-21(19)31/h6-14H,4-5,15H2,1-3H3,(H,32,33,36). The van der Waals surface area contributed by atoms with Gasteiger partial charge in [0.15, 0.2) is 5.82 Å². The van der Waals surface area contributed by atoms with Crippen molar-refractivity contribution in [2.24, 2.45) is 0 Å². The second kappa shape index (κ2) is 12.8. The third kappa shape index (κ3) is 6.21. The molecule has 4 rings (SSSR count). The molecule has 0 aliphatic rings. The van der Waals surface area contributed by atoms with E-state index < -0.39 is 30.2 Å². The predicted molar refractivity (Wildman–Crippen MR) is 150 cm³/mol. The summed E-state index contributed by atoms with van der Waals surface area (Å²) in [4.78, 5) is 28.8. The third-order valence-corrected chi connectivity index (χ3v) is 7.43. The second-order valence-electron chi connectivity index (χ2n) is 8.35. The number of nitrogens with one attached hydrogen (secondary N) is 1. The Morgan fingerprint density at radius 2 is 1.70 bits per heavy atom. The Morgan fingerprint density at radius 1 is 1.00 bits per heavy atom. The van der Waals surface area contributed by atoms with Gasteiger partial charge in [-0.1, -0.05) is 36.7 Å². The number of rotatable bonds is 9. The van der Waals surface area contributed by atoms with E-state index in [-0.39, 0.29) is 34.4 Å². The molecule has 0 saturated carbocycles. The quantitative estimate of drug-likeness (QED) is 0.224. The molecule has 208 valence electrons. The van der Waals surface area contributed by atoms with Crippen LogP contribution in [0, 0.1) is 11.6 Å². The van der Waals surface area contributed by atoms with Crippen LogP contribution < -0.4 is 15.0 Å². The third-order valence-electron chi connectivity index (χ3n) is 5.88. The highest BCUT2D eigenvalue weighted by Gasteiger charge is 2.32. The summed E-state index contributed by atoms with van der Waals surface area (Å²) in [6, 6.07) is 13.5. The molecule has 0 bridgehead atoms. The number of hydrogen-bond donors (Lipinski definition) is 1. The first-order valence-corrected chi connectivity index (χ1v) is 13.4. The topological polar surface area (TPSA) is 93.7 Å². The van der Waals surface area contributed by atoms with Crippen molar-refractivity contribution >= 4 is 45.8 Å². The lowest BCUT2D eigenvalue weighted by atomic mass is 10.0. The van der Waals surface area contributed by atoms with Gasteiger partial charge in [-0.05, 0) is 54.8 Å². The summed E-state index contributed by atoms with van der Waals surface area (Å²) in [7, 11) is 1.44. The summed E-state index contributed by atoms with van der Waals surface area (Å²) in [5.74, 6) is -1.86. The number of nitrogens with zero attached hydrogens (tertiary/aromatic N) is 3. The summed E-state index contributed by atoms with van der Waals surface area (Å²) in [6.07, 6.45) is -0.467. The Bertz CT molecular complexity index is 1490. The van der Waals surface area contributed by atoms with Crippen molar-refractivity contribution in [1.82, 2.24) is 10.2 Å². The van der Waals surface area contributed by atoms with E-state index in [2.05, 4.69) is 15.5 Å². The van der Waals surface area contributed by atoms with Crippen LogP contribution in [-0.4, -0.2) is 35.9 Å². The number of anilines is 2. The summed E-state index contributed by atoms with van der Waals surface area (Å²) in [5, 5.41) is 11.2. The average Bonchev–Trinajstić information content (AvgIpc) is 3.33. The zero-order chi connectivity index (χ0) is 28.8. The van der Waals surface area contributed by atoms with Gasteiger partial charge in [0.25, 0.3) is 5.91 Å². The van der Waals surface area contributed by atoms with Crippen molar-refractivity contribution in [3.63, 3.8) is 0 Å². The van der Waals surface area contributed by atoms with Gasteiger partial charge >= 0.3 is 6.09 Å². The number of methoxy groups -OCH3 is 1. The molecule has 12 heteroatoms. The molecule has 0 radical (unpaired) electrons. The maximum Gasteiger partial charge on any atom is 0.415 e. The van der Waals surface area contributed by atoms with Gasteiger partial charge in [0.05, 0.1) is 25.8 Å². The first-order valence-electron chi connectivity index (χ1n) is 12.2. The number of hydrogen-bond acceptors (Lipinski definition) is 7. The first kappa shape index (κ1) is 28.9. The van der Waals surface area contributed by atoms with E-state index in [1.807, 2.05) is 6.92 Å². The zero-order valence-electron chi connectivity index (χ0n) is 21.8. The minimum absolute atomic E-state index is 0.00804. The first-order chi connectivity index (χ1) is 19.3. The number of benzene rings is 2. The molecule has 2 amide bonds. The van der Waals surface area contributed by atoms with Crippen molar-refractivity contribution in [2.75, 3.05) is 23.9 Å². The molecule has 1 N–H and O–H groups in total. The van der Waals surface area contributed by atoms with E-state index in [1.165, 1.54) is 25.3 Å². The van der Waals surface area contributed by atoms with E-state index in [4.69, 9.17) is 21.1 Å². The van der Waals surface area contributed by atoms with Gasteiger partial charge in [-0.2, -0.15) is 0 Å². The molecular weight excluding hydrogens is 562 g/mol. The van der Waals surface area contributed by atoms with Crippen LogP contribution >= 0.6 is 22.9 Å². The number of halogens is 3. The molecule has 0 fully saturated rings. The number of carbonyl (C=O) groups is 2. The number of aromatic nitrogens is 2. The fourth-order valence-corrected chi connectivity index (χ4v) is 5.49. The fourth-order valence-electron chi connectivity index (χ4n) is 3.98. The van der Waals surface area contributed by atoms with E-state index in [1.54, 1.807) is 31.2 Å². The van der Waals surface area contributed by atoms with Crippen molar-refractivity contribution < 1.29 is 27.8 Å². The van der Waals surface area contributed by atoms with Crippen LogP contribution in [0.2, 0.25) is 5.02 Å². The van der Waals surface area contributed by atoms with Crippen LogP contribution in [0.4, 0.5) is 24.4 Å². The molecule has 4 aromatic rings. The Kier molecular flexibility index (Phi) is 9.28.